The SMILES string of the molecule is N#CCS(=O)(=O)N(CC(=O)O)c1cccc(Cl)c1. The molecule has 0 radical (unpaired) electrons. The molecule has 0 aliphatic heterocycles. The normalized spacial score (nSPS) is 10.7. The number of carboxylic acid groups (broad SMARTS) is 1. The Balaban J connectivity index is 3.22. The Hall–Kier alpha value is -1.78. The second-order valence-corrected chi connectivity index (χ2v) is 5.62. The van der Waals surface area contributed by atoms with E-state index in [1.54, 1.807) is 0 Å². The van der Waals surface area contributed by atoms with Crippen LogP contribution in [0.3, 0.4) is 0 Å². The van der Waals surface area contributed by atoms with E-state index in [2.05, 4.69) is 0 Å². The molecule has 0 atom stereocenters. The predicted octanol–water partition coefficient (Wildman–Crippen LogP) is 1.08. The summed E-state index contributed by atoms with van der Waals surface area (Å²) in [5.74, 6) is -2.12. The molecule has 0 bridgehead atoms. The molecule has 18 heavy (non-hydrogen) atoms. The highest BCUT2D eigenvalue weighted by Crippen LogP contribution is 2.22. The summed E-state index contributed by atoms with van der Waals surface area (Å²) in [6.45, 7) is -0.760. The zero-order valence-corrected chi connectivity index (χ0v) is 10.6. The van der Waals surface area contributed by atoms with E-state index in [4.69, 9.17) is 22.0 Å². The van der Waals surface area contributed by atoms with Crippen LogP contribution in [0, 0.1) is 11.3 Å². The van der Waals surface area contributed by atoms with Crippen LogP contribution in [0.25, 0.3) is 0 Å². The Morgan fingerprint density at radius 1 is 1.50 bits per heavy atom. The largest absolute Gasteiger partial charge is 0.480 e. The van der Waals surface area contributed by atoms with Crippen LogP contribution in [0.2, 0.25) is 5.02 Å². The third kappa shape index (κ3) is 3.61. The molecule has 0 fully saturated rings. The minimum absolute atomic E-state index is 0.111. The van der Waals surface area contributed by atoms with Crippen molar-refractivity contribution in [3.05, 3.63) is 29.3 Å². The number of sulfonamides is 1. The van der Waals surface area contributed by atoms with E-state index in [-0.39, 0.29) is 10.7 Å². The third-order valence-electron chi connectivity index (χ3n) is 1.96. The Morgan fingerprint density at radius 3 is 2.67 bits per heavy atom. The van der Waals surface area contributed by atoms with Crippen molar-refractivity contribution >= 4 is 33.3 Å². The summed E-state index contributed by atoms with van der Waals surface area (Å²) in [5, 5.41) is 17.5. The summed E-state index contributed by atoms with van der Waals surface area (Å²) in [4.78, 5) is 10.7. The predicted molar refractivity (Wildman–Crippen MR) is 65.8 cm³/mol. The minimum atomic E-state index is -4.00. The van der Waals surface area contributed by atoms with Crippen molar-refractivity contribution < 1.29 is 18.3 Å². The van der Waals surface area contributed by atoms with Gasteiger partial charge in [-0.25, -0.2) is 8.42 Å². The first kappa shape index (κ1) is 14.3. The number of carboxylic acids is 1. The van der Waals surface area contributed by atoms with Crippen LogP contribution in [0.1, 0.15) is 0 Å². The highest BCUT2D eigenvalue weighted by Gasteiger charge is 2.24. The van der Waals surface area contributed by atoms with Gasteiger partial charge in [-0.3, -0.25) is 9.10 Å². The summed E-state index contributed by atoms with van der Waals surface area (Å²) in [6.07, 6.45) is 0. The van der Waals surface area contributed by atoms with Crippen LogP contribution in [0.4, 0.5) is 5.69 Å². The smallest absolute Gasteiger partial charge is 0.324 e. The lowest BCUT2D eigenvalue weighted by atomic mass is 10.3. The summed E-state index contributed by atoms with van der Waals surface area (Å²) < 4.78 is 24.2. The van der Waals surface area contributed by atoms with E-state index < -0.39 is 28.3 Å². The van der Waals surface area contributed by atoms with Gasteiger partial charge < -0.3 is 5.11 Å². The zero-order chi connectivity index (χ0) is 13.8. The molecule has 0 saturated heterocycles. The lowest BCUT2D eigenvalue weighted by Gasteiger charge is -2.21. The zero-order valence-electron chi connectivity index (χ0n) is 9.08. The van der Waals surface area contributed by atoms with Crippen LogP contribution < -0.4 is 4.31 Å². The topological polar surface area (TPSA) is 98.5 Å². The molecule has 0 spiro atoms. The molecule has 0 aliphatic carbocycles. The van der Waals surface area contributed by atoms with E-state index in [1.807, 2.05) is 0 Å². The second-order valence-electron chi connectivity index (χ2n) is 3.29. The van der Waals surface area contributed by atoms with Gasteiger partial charge in [-0.05, 0) is 18.2 Å². The summed E-state index contributed by atoms with van der Waals surface area (Å²) in [7, 11) is -4.00. The average Bonchev–Trinajstić information content (AvgIpc) is 2.25. The quantitative estimate of drug-likeness (QED) is 0.874. The molecule has 0 aromatic heterocycles. The van der Waals surface area contributed by atoms with Crippen LogP contribution >= 0.6 is 11.6 Å². The summed E-state index contributed by atoms with van der Waals surface area (Å²) in [6, 6.07) is 7.24. The molecular weight excluding hydrogens is 280 g/mol. The maximum atomic E-state index is 11.8. The Bertz CT molecular complexity index is 594. The van der Waals surface area contributed by atoms with Crippen molar-refractivity contribution in [1.82, 2.24) is 0 Å². The lowest BCUT2D eigenvalue weighted by molar-refractivity contribution is -0.135. The van der Waals surface area contributed by atoms with Crippen molar-refractivity contribution in [3.8, 4) is 6.07 Å². The molecule has 1 aromatic rings. The first-order valence-electron chi connectivity index (χ1n) is 4.71. The number of hydrogen-bond donors (Lipinski definition) is 1. The molecule has 1 N–H and O–H groups in total. The van der Waals surface area contributed by atoms with Gasteiger partial charge >= 0.3 is 5.97 Å². The fourth-order valence-corrected chi connectivity index (χ4v) is 2.51. The lowest BCUT2D eigenvalue weighted by Crippen LogP contribution is -2.37. The molecule has 0 heterocycles. The van der Waals surface area contributed by atoms with Gasteiger partial charge in [0, 0.05) is 5.02 Å². The molecular formula is C10H9ClN2O4S. The first-order chi connectivity index (χ1) is 8.36. The molecule has 1 rings (SSSR count). The van der Waals surface area contributed by atoms with Crippen LogP contribution in [0.5, 0.6) is 0 Å². The van der Waals surface area contributed by atoms with E-state index >= 15 is 0 Å². The molecule has 96 valence electrons. The standard InChI is InChI=1S/C10H9ClN2O4S/c11-8-2-1-3-9(6-8)13(7-10(14)15)18(16,17)5-4-12/h1-3,6H,5,7H2,(H,14,15). The molecule has 0 amide bonds. The Labute approximate surface area is 109 Å². The molecule has 8 heteroatoms. The Kier molecular flexibility index (Phi) is 4.53. The number of halogens is 1. The maximum Gasteiger partial charge on any atom is 0.324 e. The fourth-order valence-electron chi connectivity index (χ4n) is 1.26. The van der Waals surface area contributed by atoms with E-state index in [9.17, 15) is 13.2 Å². The number of carbonyl (C=O) groups is 1. The van der Waals surface area contributed by atoms with Crippen molar-refractivity contribution in [1.29, 1.82) is 5.26 Å². The van der Waals surface area contributed by atoms with Gasteiger partial charge in [0.05, 0.1) is 11.8 Å². The minimum Gasteiger partial charge on any atom is -0.480 e. The van der Waals surface area contributed by atoms with Gasteiger partial charge in [0.15, 0.2) is 5.75 Å². The van der Waals surface area contributed by atoms with Crippen LogP contribution in [-0.2, 0) is 14.8 Å². The van der Waals surface area contributed by atoms with Gasteiger partial charge in [-0.1, -0.05) is 17.7 Å². The van der Waals surface area contributed by atoms with Crippen molar-refractivity contribution in [3.63, 3.8) is 0 Å². The molecule has 0 saturated carbocycles. The first-order valence-corrected chi connectivity index (χ1v) is 6.70. The van der Waals surface area contributed by atoms with Crippen LogP contribution in [-0.4, -0.2) is 31.8 Å². The number of aliphatic carboxylic acids is 1. The maximum absolute atomic E-state index is 11.8. The van der Waals surface area contributed by atoms with E-state index in [0.717, 1.165) is 0 Å². The van der Waals surface area contributed by atoms with Crippen molar-refractivity contribution in [2.24, 2.45) is 0 Å². The highest BCUT2D eigenvalue weighted by molar-refractivity contribution is 7.93. The molecule has 0 aliphatic rings. The highest BCUT2D eigenvalue weighted by atomic mass is 35.5. The number of hydrogen-bond acceptors (Lipinski definition) is 4. The number of nitrogens with zero attached hydrogens (tertiary/aromatic N) is 2. The fraction of sp³-hybridized carbons (Fsp3) is 0.200. The second kappa shape index (κ2) is 5.71. The number of anilines is 1. The van der Waals surface area contributed by atoms with Gasteiger partial charge in [0.2, 0.25) is 10.0 Å². The number of rotatable bonds is 5. The van der Waals surface area contributed by atoms with Gasteiger partial charge in [0.1, 0.15) is 6.54 Å². The van der Waals surface area contributed by atoms with Crippen LogP contribution in [0.15, 0.2) is 24.3 Å². The molecule has 0 unspecified atom stereocenters. The van der Waals surface area contributed by atoms with Gasteiger partial charge in [-0.15, -0.1) is 0 Å². The third-order valence-corrected chi connectivity index (χ3v) is 3.70. The Morgan fingerprint density at radius 2 is 2.17 bits per heavy atom. The van der Waals surface area contributed by atoms with Gasteiger partial charge in [0.25, 0.3) is 0 Å². The van der Waals surface area contributed by atoms with E-state index in [0.29, 0.717) is 4.31 Å². The van der Waals surface area contributed by atoms with Gasteiger partial charge in [-0.2, -0.15) is 5.26 Å². The summed E-state index contributed by atoms with van der Waals surface area (Å²) >= 11 is 5.72. The summed E-state index contributed by atoms with van der Waals surface area (Å²) in [5.41, 5.74) is 0.111. The number of nitriles is 1. The van der Waals surface area contributed by atoms with E-state index in [1.165, 1.54) is 30.3 Å². The van der Waals surface area contributed by atoms with Crippen molar-refractivity contribution in [2.45, 2.75) is 0 Å². The average molecular weight is 289 g/mol. The molecule has 1 aromatic carbocycles. The molecule has 6 nitrogen and oxygen atoms in total. The monoisotopic (exact) mass is 288 g/mol. The number of benzene rings is 1. The van der Waals surface area contributed by atoms with Crippen molar-refractivity contribution in [2.75, 3.05) is 16.6 Å².